The van der Waals surface area contributed by atoms with E-state index < -0.39 is 0 Å². The number of fused-ring (bicyclic) bond motifs is 2. The van der Waals surface area contributed by atoms with Crippen molar-refractivity contribution in [1.29, 1.82) is 0 Å². The highest BCUT2D eigenvalue weighted by Gasteiger charge is 2.17. The van der Waals surface area contributed by atoms with Crippen LogP contribution in [0.3, 0.4) is 0 Å². The van der Waals surface area contributed by atoms with E-state index in [0.29, 0.717) is 12.2 Å². The van der Waals surface area contributed by atoms with Gasteiger partial charge in [0.05, 0.1) is 11.7 Å². The molecule has 4 rings (SSSR count). The molecule has 0 saturated carbocycles. The number of furan rings is 1. The lowest BCUT2D eigenvalue weighted by Crippen LogP contribution is -2.24. The molecular formula is C21H21N3O2. The van der Waals surface area contributed by atoms with Gasteiger partial charge in [0.2, 0.25) is 0 Å². The van der Waals surface area contributed by atoms with Gasteiger partial charge in [-0.2, -0.15) is 0 Å². The Kier molecular flexibility index (Phi) is 4.09. The molecule has 0 aliphatic rings. The Morgan fingerprint density at radius 3 is 2.81 bits per heavy atom. The molecule has 0 saturated heterocycles. The van der Waals surface area contributed by atoms with Crippen molar-refractivity contribution in [2.45, 2.75) is 26.4 Å². The lowest BCUT2D eigenvalue weighted by Gasteiger charge is -2.22. The molecule has 0 aliphatic carbocycles. The maximum Gasteiger partial charge on any atom is 0.258 e. The third-order valence-corrected chi connectivity index (χ3v) is 4.87. The Hall–Kier alpha value is -2.92. The molecule has 0 N–H and O–H groups in total. The van der Waals surface area contributed by atoms with Crippen LogP contribution in [-0.2, 0) is 6.54 Å². The van der Waals surface area contributed by atoms with Crippen molar-refractivity contribution >= 4 is 16.6 Å². The SMILES string of the molecule is Cc1cccn2c(=O)cc(CN(C)C(C)c3cc4ccccc4o3)nc12. The molecule has 0 amide bonds. The zero-order valence-electron chi connectivity index (χ0n) is 15.1. The second-order valence-electron chi connectivity index (χ2n) is 6.75. The summed E-state index contributed by atoms with van der Waals surface area (Å²) in [5.74, 6) is 0.905. The average molecular weight is 347 g/mol. The molecule has 5 nitrogen and oxygen atoms in total. The van der Waals surface area contributed by atoms with E-state index >= 15 is 0 Å². The maximum atomic E-state index is 12.4. The van der Waals surface area contributed by atoms with Gasteiger partial charge in [0.15, 0.2) is 0 Å². The Balaban J connectivity index is 1.63. The van der Waals surface area contributed by atoms with E-state index in [2.05, 4.69) is 22.9 Å². The van der Waals surface area contributed by atoms with Crippen LogP contribution in [0.5, 0.6) is 0 Å². The molecule has 1 atom stereocenters. The molecule has 0 radical (unpaired) electrons. The van der Waals surface area contributed by atoms with Crippen molar-refractivity contribution in [3.63, 3.8) is 0 Å². The van der Waals surface area contributed by atoms with Gasteiger partial charge in [-0.15, -0.1) is 0 Å². The topological polar surface area (TPSA) is 50.8 Å². The predicted octanol–water partition coefficient (Wildman–Crippen LogP) is 3.94. The summed E-state index contributed by atoms with van der Waals surface area (Å²) >= 11 is 0. The maximum absolute atomic E-state index is 12.4. The molecule has 132 valence electrons. The summed E-state index contributed by atoms with van der Waals surface area (Å²) < 4.78 is 7.56. The monoisotopic (exact) mass is 347 g/mol. The standard InChI is InChI=1S/C21H21N3O2/c1-14-7-6-10-24-20(25)12-17(22-21(14)24)13-23(3)15(2)19-11-16-8-4-5-9-18(16)26-19/h4-12,15H,13H2,1-3H3. The first-order valence-corrected chi connectivity index (χ1v) is 8.69. The fraction of sp³-hybridized carbons (Fsp3) is 0.238. The Morgan fingerprint density at radius 1 is 1.19 bits per heavy atom. The van der Waals surface area contributed by atoms with E-state index in [-0.39, 0.29) is 11.6 Å². The second kappa shape index (κ2) is 6.42. The second-order valence-corrected chi connectivity index (χ2v) is 6.75. The van der Waals surface area contributed by atoms with E-state index in [0.717, 1.165) is 28.0 Å². The minimum absolute atomic E-state index is 0.0570. The number of rotatable bonds is 4. The van der Waals surface area contributed by atoms with Crippen LogP contribution < -0.4 is 5.56 Å². The summed E-state index contributed by atoms with van der Waals surface area (Å²) in [4.78, 5) is 19.2. The van der Waals surface area contributed by atoms with Gasteiger partial charge in [-0.3, -0.25) is 14.1 Å². The zero-order chi connectivity index (χ0) is 18.3. The van der Waals surface area contributed by atoms with E-state index in [1.54, 1.807) is 16.7 Å². The number of para-hydroxylation sites is 1. The molecule has 3 aromatic heterocycles. The number of hydrogen-bond donors (Lipinski definition) is 0. The minimum Gasteiger partial charge on any atom is -0.459 e. The molecular weight excluding hydrogens is 326 g/mol. The summed E-state index contributed by atoms with van der Waals surface area (Å²) in [6.45, 7) is 4.63. The van der Waals surface area contributed by atoms with Crippen molar-refractivity contribution in [3.8, 4) is 0 Å². The van der Waals surface area contributed by atoms with Crippen LogP contribution in [0.15, 0.2) is 63.9 Å². The van der Waals surface area contributed by atoms with E-state index in [1.807, 2.05) is 50.4 Å². The molecule has 4 aromatic rings. The molecule has 1 unspecified atom stereocenters. The highest BCUT2D eigenvalue weighted by molar-refractivity contribution is 5.77. The van der Waals surface area contributed by atoms with Crippen LogP contribution in [0.25, 0.3) is 16.6 Å². The molecule has 0 spiro atoms. The first-order valence-electron chi connectivity index (χ1n) is 8.69. The Bertz CT molecular complexity index is 1110. The van der Waals surface area contributed by atoms with Gasteiger partial charge >= 0.3 is 0 Å². The van der Waals surface area contributed by atoms with Gasteiger partial charge < -0.3 is 4.42 Å². The summed E-state index contributed by atoms with van der Waals surface area (Å²) in [5, 5.41) is 1.10. The van der Waals surface area contributed by atoms with Crippen LogP contribution in [0.4, 0.5) is 0 Å². The fourth-order valence-electron chi connectivity index (χ4n) is 3.21. The predicted molar refractivity (Wildman–Crippen MR) is 102 cm³/mol. The van der Waals surface area contributed by atoms with E-state index in [4.69, 9.17) is 4.42 Å². The summed E-state index contributed by atoms with van der Waals surface area (Å²) in [6, 6.07) is 15.6. The van der Waals surface area contributed by atoms with E-state index in [1.165, 1.54) is 0 Å². The number of aromatic nitrogens is 2. The van der Waals surface area contributed by atoms with Crippen LogP contribution in [0.2, 0.25) is 0 Å². The lowest BCUT2D eigenvalue weighted by molar-refractivity contribution is 0.224. The largest absolute Gasteiger partial charge is 0.459 e. The van der Waals surface area contributed by atoms with Crippen molar-refractivity contribution in [2.24, 2.45) is 0 Å². The molecule has 1 aromatic carbocycles. The lowest BCUT2D eigenvalue weighted by atomic mass is 10.2. The van der Waals surface area contributed by atoms with Gasteiger partial charge in [-0.05, 0) is 44.7 Å². The number of nitrogens with zero attached hydrogens (tertiary/aromatic N) is 3. The van der Waals surface area contributed by atoms with E-state index in [9.17, 15) is 4.79 Å². The Morgan fingerprint density at radius 2 is 2.00 bits per heavy atom. The number of aryl methyl sites for hydroxylation is 1. The number of benzene rings is 1. The first kappa shape index (κ1) is 16.5. The summed E-state index contributed by atoms with van der Waals surface area (Å²) in [6.07, 6.45) is 1.75. The molecule has 3 heterocycles. The minimum atomic E-state index is -0.0570. The van der Waals surface area contributed by atoms with Crippen molar-refractivity contribution in [3.05, 3.63) is 82.1 Å². The van der Waals surface area contributed by atoms with Crippen molar-refractivity contribution in [2.75, 3.05) is 7.05 Å². The van der Waals surface area contributed by atoms with Gasteiger partial charge in [-0.1, -0.05) is 24.3 Å². The summed E-state index contributed by atoms with van der Waals surface area (Å²) in [5.41, 5.74) is 3.29. The summed E-state index contributed by atoms with van der Waals surface area (Å²) in [7, 11) is 2.01. The molecule has 0 aliphatic heterocycles. The van der Waals surface area contributed by atoms with Crippen LogP contribution in [0, 0.1) is 6.92 Å². The normalized spacial score (nSPS) is 12.9. The quantitative estimate of drug-likeness (QED) is 0.561. The van der Waals surface area contributed by atoms with Crippen molar-refractivity contribution in [1.82, 2.24) is 14.3 Å². The third kappa shape index (κ3) is 2.91. The van der Waals surface area contributed by atoms with Crippen LogP contribution in [-0.4, -0.2) is 21.3 Å². The van der Waals surface area contributed by atoms with Gasteiger partial charge in [0, 0.05) is 24.2 Å². The first-order chi connectivity index (χ1) is 12.5. The van der Waals surface area contributed by atoms with Gasteiger partial charge in [0.25, 0.3) is 5.56 Å². The third-order valence-electron chi connectivity index (χ3n) is 4.87. The van der Waals surface area contributed by atoms with Gasteiger partial charge in [0.1, 0.15) is 17.0 Å². The number of hydrogen-bond acceptors (Lipinski definition) is 4. The highest BCUT2D eigenvalue weighted by atomic mass is 16.3. The molecule has 26 heavy (non-hydrogen) atoms. The molecule has 0 fully saturated rings. The smallest absolute Gasteiger partial charge is 0.258 e. The molecule has 5 heteroatoms. The van der Waals surface area contributed by atoms with Crippen molar-refractivity contribution < 1.29 is 4.42 Å². The van der Waals surface area contributed by atoms with Crippen LogP contribution >= 0.6 is 0 Å². The average Bonchev–Trinajstić information content (AvgIpc) is 3.06. The fourth-order valence-corrected chi connectivity index (χ4v) is 3.21. The number of pyridine rings is 1. The molecule has 0 bridgehead atoms. The highest BCUT2D eigenvalue weighted by Crippen LogP contribution is 2.27. The zero-order valence-corrected chi connectivity index (χ0v) is 15.1. The van der Waals surface area contributed by atoms with Crippen LogP contribution in [0.1, 0.15) is 30.0 Å². The van der Waals surface area contributed by atoms with Gasteiger partial charge in [-0.25, -0.2) is 4.98 Å². The Labute approximate surface area is 151 Å².